The quantitative estimate of drug-likeness (QED) is 0.490. The molecule has 2 rings (SSSR count). The van der Waals surface area contributed by atoms with Crippen LogP contribution in [-0.4, -0.2) is 43.4 Å². The van der Waals surface area contributed by atoms with E-state index in [0.717, 1.165) is 12.1 Å². The first-order valence-electron chi connectivity index (χ1n) is 9.38. The van der Waals surface area contributed by atoms with Gasteiger partial charge < -0.3 is 20.7 Å². The average molecular weight is 468 g/mol. The Morgan fingerprint density at radius 2 is 1.78 bits per heavy atom. The van der Waals surface area contributed by atoms with Gasteiger partial charge in [-0.15, -0.1) is 0 Å². The third-order valence-electron chi connectivity index (χ3n) is 4.14. The number of carbonyl (C=O) groups excluding carboxylic acids is 4. The van der Waals surface area contributed by atoms with Crippen molar-refractivity contribution in [2.75, 3.05) is 25.0 Å². The number of rotatable bonds is 9. The van der Waals surface area contributed by atoms with Crippen LogP contribution < -0.4 is 16.0 Å². The van der Waals surface area contributed by atoms with Gasteiger partial charge in [0.15, 0.2) is 6.61 Å². The van der Waals surface area contributed by atoms with Gasteiger partial charge >= 0.3 is 5.97 Å². The number of halogens is 3. The van der Waals surface area contributed by atoms with Gasteiger partial charge in [-0.25, -0.2) is 8.78 Å². The van der Waals surface area contributed by atoms with E-state index in [0.29, 0.717) is 22.3 Å². The van der Waals surface area contributed by atoms with Crippen LogP contribution in [0.1, 0.15) is 22.3 Å². The van der Waals surface area contributed by atoms with Gasteiger partial charge in [-0.2, -0.15) is 0 Å². The van der Waals surface area contributed by atoms with Gasteiger partial charge in [0.25, 0.3) is 11.8 Å². The van der Waals surface area contributed by atoms with Crippen LogP contribution in [0.3, 0.4) is 0 Å². The van der Waals surface area contributed by atoms with Gasteiger partial charge in [0, 0.05) is 23.3 Å². The molecule has 0 aliphatic carbocycles. The SMILES string of the molecule is Cc1c(Cl)cccc1NC(=O)CNC(=O)COC(=O)CCNC(=O)c1ccc(F)cc1F. The number of benzene rings is 2. The molecule has 8 nitrogen and oxygen atoms in total. The monoisotopic (exact) mass is 467 g/mol. The maximum atomic E-state index is 13.5. The van der Waals surface area contributed by atoms with Crippen molar-refractivity contribution in [3.63, 3.8) is 0 Å². The zero-order valence-corrected chi connectivity index (χ0v) is 17.7. The summed E-state index contributed by atoms with van der Waals surface area (Å²) in [6.07, 6.45) is -0.281. The average Bonchev–Trinajstić information content (AvgIpc) is 2.74. The molecular weight excluding hydrogens is 448 g/mol. The van der Waals surface area contributed by atoms with E-state index in [1.165, 1.54) is 0 Å². The highest BCUT2D eigenvalue weighted by Gasteiger charge is 2.14. The van der Waals surface area contributed by atoms with E-state index in [1.807, 2.05) is 0 Å². The maximum absolute atomic E-state index is 13.5. The predicted octanol–water partition coefficient (Wildman–Crippen LogP) is 2.34. The van der Waals surface area contributed by atoms with Gasteiger partial charge in [-0.1, -0.05) is 17.7 Å². The summed E-state index contributed by atoms with van der Waals surface area (Å²) in [5.41, 5.74) is 0.813. The topological polar surface area (TPSA) is 114 Å². The summed E-state index contributed by atoms with van der Waals surface area (Å²) >= 11 is 5.97. The standard InChI is InChI=1S/C21H20ClF2N3O5/c1-12-15(22)3-2-4-17(12)27-18(28)10-26-19(29)11-32-20(30)7-8-25-21(31)14-6-5-13(23)9-16(14)24/h2-6,9H,7-8,10-11H2,1H3,(H,25,31)(H,26,29)(H,27,28). The Kier molecular flexibility index (Phi) is 9.08. The summed E-state index contributed by atoms with van der Waals surface area (Å²) < 4.78 is 31.1. The summed E-state index contributed by atoms with van der Waals surface area (Å²) in [5, 5.41) is 7.66. The number of esters is 1. The highest BCUT2D eigenvalue weighted by molar-refractivity contribution is 6.31. The highest BCUT2D eigenvalue weighted by Crippen LogP contribution is 2.22. The van der Waals surface area contributed by atoms with Gasteiger partial charge in [-0.05, 0) is 36.8 Å². The lowest BCUT2D eigenvalue weighted by Crippen LogP contribution is -2.36. The van der Waals surface area contributed by atoms with Crippen LogP contribution in [0.4, 0.5) is 14.5 Å². The lowest BCUT2D eigenvalue weighted by atomic mass is 10.2. The van der Waals surface area contributed by atoms with Crippen molar-refractivity contribution < 1.29 is 32.7 Å². The first kappa shape index (κ1) is 24.7. The van der Waals surface area contributed by atoms with Gasteiger partial charge in [0.2, 0.25) is 5.91 Å². The van der Waals surface area contributed by atoms with Crippen molar-refractivity contribution in [1.82, 2.24) is 10.6 Å². The van der Waals surface area contributed by atoms with Crippen LogP contribution in [-0.2, 0) is 19.1 Å². The van der Waals surface area contributed by atoms with E-state index < -0.39 is 41.9 Å². The molecule has 0 aliphatic rings. The Bertz CT molecular complexity index is 1030. The molecule has 0 aliphatic heterocycles. The maximum Gasteiger partial charge on any atom is 0.308 e. The van der Waals surface area contributed by atoms with Crippen LogP contribution in [0.15, 0.2) is 36.4 Å². The molecule has 3 N–H and O–H groups in total. The minimum atomic E-state index is -1.03. The lowest BCUT2D eigenvalue weighted by molar-refractivity contribution is -0.148. The molecule has 3 amide bonds. The van der Waals surface area contributed by atoms with Crippen molar-refractivity contribution in [3.05, 3.63) is 64.2 Å². The normalized spacial score (nSPS) is 10.2. The summed E-state index contributed by atoms with van der Waals surface area (Å²) in [6.45, 7) is 0.580. The molecule has 0 spiro atoms. The van der Waals surface area contributed by atoms with Crippen LogP contribution in [0.25, 0.3) is 0 Å². The molecule has 32 heavy (non-hydrogen) atoms. The van der Waals surface area contributed by atoms with Crippen molar-refractivity contribution in [3.8, 4) is 0 Å². The summed E-state index contributed by atoms with van der Waals surface area (Å²) in [6, 6.07) is 7.48. The Balaban J connectivity index is 1.65. The molecule has 2 aromatic carbocycles. The number of hydrogen-bond acceptors (Lipinski definition) is 5. The molecule has 0 bridgehead atoms. The molecule has 0 unspecified atom stereocenters. The second-order valence-corrected chi connectivity index (χ2v) is 6.94. The molecule has 0 radical (unpaired) electrons. The highest BCUT2D eigenvalue weighted by atomic mass is 35.5. The molecule has 11 heteroatoms. The van der Waals surface area contributed by atoms with E-state index >= 15 is 0 Å². The number of amides is 3. The van der Waals surface area contributed by atoms with Gasteiger partial charge in [0.1, 0.15) is 11.6 Å². The Morgan fingerprint density at radius 3 is 2.50 bits per heavy atom. The number of anilines is 1. The van der Waals surface area contributed by atoms with E-state index in [9.17, 15) is 28.0 Å². The minimum absolute atomic E-state index is 0.183. The van der Waals surface area contributed by atoms with Crippen molar-refractivity contribution >= 4 is 41.0 Å². The largest absolute Gasteiger partial charge is 0.456 e. The third kappa shape index (κ3) is 7.62. The zero-order chi connectivity index (χ0) is 23.7. The second-order valence-electron chi connectivity index (χ2n) is 6.53. The van der Waals surface area contributed by atoms with Crippen molar-refractivity contribution in [2.24, 2.45) is 0 Å². The number of ether oxygens (including phenoxy) is 1. The van der Waals surface area contributed by atoms with Crippen LogP contribution >= 0.6 is 11.6 Å². The number of hydrogen-bond donors (Lipinski definition) is 3. The van der Waals surface area contributed by atoms with E-state index in [1.54, 1.807) is 25.1 Å². The molecular formula is C21H20ClF2N3O5. The van der Waals surface area contributed by atoms with Crippen molar-refractivity contribution in [2.45, 2.75) is 13.3 Å². The van der Waals surface area contributed by atoms with Crippen LogP contribution in [0.5, 0.6) is 0 Å². The predicted molar refractivity (Wildman–Crippen MR) is 112 cm³/mol. The number of nitrogens with one attached hydrogen (secondary N) is 3. The Hall–Kier alpha value is -3.53. The third-order valence-corrected chi connectivity index (χ3v) is 4.55. The first-order chi connectivity index (χ1) is 15.2. The van der Waals surface area contributed by atoms with E-state index in [-0.39, 0.29) is 25.1 Å². The first-order valence-corrected chi connectivity index (χ1v) is 9.75. The fourth-order valence-corrected chi connectivity index (χ4v) is 2.61. The molecule has 170 valence electrons. The van der Waals surface area contributed by atoms with E-state index in [2.05, 4.69) is 16.0 Å². The summed E-state index contributed by atoms with van der Waals surface area (Å²) in [7, 11) is 0. The molecule has 0 saturated heterocycles. The van der Waals surface area contributed by atoms with Gasteiger partial charge in [0.05, 0.1) is 18.5 Å². The Labute approximate surface area is 187 Å². The molecule has 0 fully saturated rings. The number of carbonyl (C=O) groups is 4. The van der Waals surface area contributed by atoms with Crippen LogP contribution in [0.2, 0.25) is 5.02 Å². The summed E-state index contributed by atoms with van der Waals surface area (Å²) in [5.74, 6) is -4.66. The fourth-order valence-electron chi connectivity index (χ4n) is 2.43. The zero-order valence-electron chi connectivity index (χ0n) is 17.0. The molecule has 2 aromatic rings. The van der Waals surface area contributed by atoms with E-state index in [4.69, 9.17) is 16.3 Å². The van der Waals surface area contributed by atoms with Crippen LogP contribution in [0, 0.1) is 18.6 Å². The molecule has 0 heterocycles. The lowest BCUT2D eigenvalue weighted by Gasteiger charge is -2.10. The second kappa shape index (κ2) is 11.8. The molecule has 0 atom stereocenters. The Morgan fingerprint density at radius 1 is 1.03 bits per heavy atom. The minimum Gasteiger partial charge on any atom is -0.456 e. The van der Waals surface area contributed by atoms with Crippen molar-refractivity contribution in [1.29, 1.82) is 0 Å². The fraction of sp³-hybridized carbons (Fsp3) is 0.238. The smallest absolute Gasteiger partial charge is 0.308 e. The summed E-state index contributed by atoms with van der Waals surface area (Å²) in [4.78, 5) is 47.1. The molecule has 0 aromatic heterocycles. The van der Waals surface area contributed by atoms with Gasteiger partial charge in [-0.3, -0.25) is 19.2 Å². The molecule has 0 saturated carbocycles.